The van der Waals surface area contributed by atoms with Crippen molar-refractivity contribution in [2.24, 2.45) is 0 Å². The Bertz CT molecular complexity index is 1370. The van der Waals surface area contributed by atoms with E-state index in [1.54, 1.807) is 0 Å². The van der Waals surface area contributed by atoms with E-state index in [1.807, 2.05) is 19.9 Å². The molecule has 2 nitrogen and oxygen atoms in total. The summed E-state index contributed by atoms with van der Waals surface area (Å²) >= 11 is 0. The zero-order valence-electron chi connectivity index (χ0n) is 24.5. The van der Waals surface area contributed by atoms with E-state index in [0.29, 0.717) is 29.8 Å². The normalized spacial score (nSPS) is 13.0. The molecular weight excluding hydrogens is 524 g/mol. The monoisotopic (exact) mass is 564 g/mol. The van der Waals surface area contributed by atoms with Crippen LogP contribution in [0.3, 0.4) is 0 Å². The average molecular weight is 565 g/mol. The summed E-state index contributed by atoms with van der Waals surface area (Å²) in [6.45, 7) is 24.9. The molecule has 0 atom stereocenters. The van der Waals surface area contributed by atoms with Crippen molar-refractivity contribution in [2.75, 3.05) is 5.32 Å². The number of benzene rings is 1. The third-order valence-corrected chi connectivity index (χ3v) is 6.87. The highest BCUT2D eigenvalue weighted by Crippen LogP contribution is 2.38. The molecule has 0 bridgehead atoms. The van der Waals surface area contributed by atoms with Gasteiger partial charge in [-0.05, 0) is 91.7 Å². The lowest BCUT2D eigenvalue weighted by molar-refractivity contribution is -0.137. The second-order valence-corrected chi connectivity index (χ2v) is 9.85. The topological polar surface area (TPSA) is 24.9 Å². The van der Waals surface area contributed by atoms with Crippen LogP contribution in [0.25, 0.3) is 11.1 Å². The Balaban J connectivity index is 2.34. The van der Waals surface area contributed by atoms with Crippen molar-refractivity contribution in [3.63, 3.8) is 0 Å². The summed E-state index contributed by atoms with van der Waals surface area (Å²) in [7, 11) is 0. The van der Waals surface area contributed by atoms with Gasteiger partial charge < -0.3 is 5.32 Å². The molecule has 0 aliphatic carbocycles. The van der Waals surface area contributed by atoms with E-state index in [-0.39, 0.29) is 5.56 Å². The molecule has 0 saturated heterocycles. The van der Waals surface area contributed by atoms with Crippen molar-refractivity contribution in [1.29, 1.82) is 0 Å². The Morgan fingerprint density at radius 2 is 1.61 bits per heavy atom. The van der Waals surface area contributed by atoms with Gasteiger partial charge in [-0.3, -0.25) is 0 Å². The molecule has 1 N–H and O–H groups in total. The van der Waals surface area contributed by atoms with Gasteiger partial charge in [-0.15, -0.1) is 0 Å². The molecule has 2 rings (SSSR count). The lowest BCUT2D eigenvalue weighted by atomic mass is 9.92. The Kier molecular flexibility index (Phi) is 12.3. The number of alkyl halides is 3. The maximum Gasteiger partial charge on any atom is 0.416 e. The molecule has 0 aliphatic heterocycles. The van der Waals surface area contributed by atoms with Crippen molar-refractivity contribution < 1.29 is 17.6 Å². The number of allylic oxidation sites excluding steroid dienone is 8. The number of aromatic nitrogens is 1. The van der Waals surface area contributed by atoms with Crippen molar-refractivity contribution in [1.82, 2.24) is 4.98 Å². The number of anilines is 1. The summed E-state index contributed by atoms with van der Waals surface area (Å²) in [5, 5.41) is 3.21. The van der Waals surface area contributed by atoms with Gasteiger partial charge in [0.2, 0.25) is 5.95 Å². The first kappa shape index (κ1) is 33.3. The largest absolute Gasteiger partial charge is 0.416 e. The number of nitrogens with zero attached hydrogens (tertiary/aromatic N) is 1. The molecule has 0 spiro atoms. The molecule has 0 saturated carbocycles. The van der Waals surface area contributed by atoms with Crippen molar-refractivity contribution >= 4 is 5.69 Å². The van der Waals surface area contributed by atoms with Gasteiger partial charge in [0.25, 0.3) is 0 Å². The van der Waals surface area contributed by atoms with E-state index in [4.69, 9.17) is 0 Å². The molecule has 0 amide bonds. The van der Waals surface area contributed by atoms with Crippen LogP contribution in [0.15, 0.2) is 120 Å². The second-order valence-electron chi connectivity index (χ2n) is 9.85. The number of hydrogen-bond acceptors (Lipinski definition) is 2. The van der Waals surface area contributed by atoms with E-state index in [0.717, 1.165) is 59.8 Å². The van der Waals surface area contributed by atoms with Crippen LogP contribution in [0.1, 0.15) is 65.4 Å². The Morgan fingerprint density at radius 3 is 2.15 bits per heavy atom. The first-order valence-electron chi connectivity index (χ1n) is 13.7. The fourth-order valence-corrected chi connectivity index (χ4v) is 4.34. The molecular formula is C35H40F4N2. The number of rotatable bonds is 14. The maximum absolute atomic E-state index is 13.5. The molecule has 1 aromatic carbocycles. The second kappa shape index (κ2) is 15.2. The quantitative estimate of drug-likeness (QED) is 0.140. The minimum absolute atomic E-state index is 0.234. The molecule has 0 aliphatic rings. The van der Waals surface area contributed by atoms with Gasteiger partial charge in [-0.25, -0.2) is 4.98 Å². The van der Waals surface area contributed by atoms with Crippen LogP contribution in [-0.2, 0) is 6.18 Å². The third-order valence-electron chi connectivity index (χ3n) is 6.87. The summed E-state index contributed by atoms with van der Waals surface area (Å²) in [4.78, 5) is 3.62. The van der Waals surface area contributed by atoms with Crippen molar-refractivity contribution in [3.05, 3.63) is 132 Å². The summed E-state index contributed by atoms with van der Waals surface area (Å²) < 4.78 is 54.0. The Labute approximate surface area is 242 Å². The van der Waals surface area contributed by atoms with Crippen LogP contribution in [0.2, 0.25) is 0 Å². The van der Waals surface area contributed by atoms with Gasteiger partial charge in [0.15, 0.2) is 0 Å². The van der Waals surface area contributed by atoms with Gasteiger partial charge in [0, 0.05) is 28.7 Å². The molecule has 218 valence electrons. The van der Waals surface area contributed by atoms with E-state index >= 15 is 0 Å². The zero-order chi connectivity index (χ0) is 30.7. The fourth-order valence-electron chi connectivity index (χ4n) is 4.34. The van der Waals surface area contributed by atoms with Crippen molar-refractivity contribution in [3.8, 4) is 11.1 Å². The van der Waals surface area contributed by atoms with E-state index in [9.17, 15) is 17.6 Å². The number of nitrogens with one attached hydrogen (secondary N) is 1. The lowest BCUT2D eigenvalue weighted by Crippen LogP contribution is -2.09. The standard InChI is InChI=1S/C35H40F4N2/c1-9-24(6)34(25(7)14-13-23(5)19-28(12-4)20-27(10-2)11-3)26(8)41-32-17-16-30(35(37,38)39)21-31(32)29-15-18-33(36)40-22-29/h10,15-22,41H,2,5,7-9,11-14H2,1,3-4,6H3/b27-20+,28-19-,34-24+. The minimum atomic E-state index is -4.54. The van der Waals surface area contributed by atoms with E-state index in [1.165, 1.54) is 29.5 Å². The Hall–Kier alpha value is -3.93. The average Bonchev–Trinajstić information content (AvgIpc) is 2.94. The van der Waals surface area contributed by atoms with Crippen LogP contribution >= 0.6 is 0 Å². The van der Waals surface area contributed by atoms with E-state index in [2.05, 4.69) is 62.6 Å². The third kappa shape index (κ3) is 9.59. The summed E-state index contributed by atoms with van der Waals surface area (Å²) in [6.07, 6.45) is 6.62. The number of halogens is 4. The van der Waals surface area contributed by atoms with Crippen molar-refractivity contribution in [2.45, 2.75) is 66.0 Å². The predicted octanol–water partition coefficient (Wildman–Crippen LogP) is 11.3. The SMILES string of the molecule is C=C/C(=C\C(=C/C(=C)CCC(=C)/C(C(=C)Nc1ccc(C(F)(F)F)cc1-c1ccc(F)nc1)=C(/C)CC)CC)CC. The highest BCUT2D eigenvalue weighted by atomic mass is 19.4. The van der Waals surface area contributed by atoms with Crippen LogP contribution in [0.5, 0.6) is 0 Å². The first-order valence-corrected chi connectivity index (χ1v) is 13.7. The molecule has 2 aromatic rings. The van der Waals surface area contributed by atoms with Gasteiger partial charge in [0.1, 0.15) is 0 Å². The van der Waals surface area contributed by atoms with E-state index < -0.39 is 17.7 Å². The van der Waals surface area contributed by atoms with Crippen LogP contribution in [-0.4, -0.2) is 4.98 Å². The summed E-state index contributed by atoms with van der Waals surface area (Å²) in [5.74, 6) is -0.718. The molecule has 0 unspecified atom stereocenters. The summed E-state index contributed by atoms with van der Waals surface area (Å²) in [5.41, 5.74) is 6.72. The molecule has 6 heteroatoms. The van der Waals surface area contributed by atoms with Crippen LogP contribution in [0, 0.1) is 5.95 Å². The molecule has 0 fully saturated rings. The zero-order valence-corrected chi connectivity index (χ0v) is 24.5. The first-order chi connectivity index (χ1) is 19.3. The highest BCUT2D eigenvalue weighted by Gasteiger charge is 2.31. The highest BCUT2D eigenvalue weighted by molar-refractivity contribution is 5.80. The lowest BCUT2D eigenvalue weighted by Gasteiger charge is -2.21. The Morgan fingerprint density at radius 1 is 0.927 bits per heavy atom. The van der Waals surface area contributed by atoms with Crippen LogP contribution in [0.4, 0.5) is 23.2 Å². The van der Waals surface area contributed by atoms with Gasteiger partial charge in [0.05, 0.1) is 5.56 Å². The smallest absolute Gasteiger partial charge is 0.355 e. The van der Waals surface area contributed by atoms with Gasteiger partial charge in [-0.2, -0.15) is 17.6 Å². The van der Waals surface area contributed by atoms with Gasteiger partial charge in [-0.1, -0.05) is 76.5 Å². The van der Waals surface area contributed by atoms with Crippen LogP contribution < -0.4 is 5.32 Å². The maximum atomic E-state index is 13.5. The molecule has 1 aromatic heterocycles. The number of pyridine rings is 1. The fraction of sp³-hybridized carbons (Fsp3) is 0.286. The number of hydrogen-bond donors (Lipinski definition) is 1. The molecule has 0 radical (unpaired) electrons. The summed E-state index contributed by atoms with van der Waals surface area (Å²) in [6, 6.07) is 5.91. The molecule has 41 heavy (non-hydrogen) atoms. The predicted molar refractivity (Wildman–Crippen MR) is 165 cm³/mol. The molecule has 1 heterocycles. The minimum Gasteiger partial charge on any atom is -0.355 e. The van der Waals surface area contributed by atoms with Gasteiger partial charge >= 0.3 is 6.18 Å².